The van der Waals surface area contributed by atoms with Crippen molar-refractivity contribution in [1.29, 1.82) is 0 Å². The molecule has 0 aromatic carbocycles. The minimum atomic E-state index is -3.10. The second kappa shape index (κ2) is 4.35. The van der Waals surface area contributed by atoms with E-state index in [0.29, 0.717) is 17.7 Å². The van der Waals surface area contributed by atoms with Gasteiger partial charge in [-0.25, -0.2) is 13.2 Å². The molecule has 0 amide bonds. The summed E-state index contributed by atoms with van der Waals surface area (Å²) < 4.78 is 23.1. The van der Waals surface area contributed by atoms with Gasteiger partial charge in [0, 0.05) is 12.1 Å². The lowest BCUT2D eigenvalue weighted by molar-refractivity contribution is 0.0694. The van der Waals surface area contributed by atoms with Gasteiger partial charge in [0.25, 0.3) is 0 Å². The van der Waals surface area contributed by atoms with Crippen LogP contribution in [-0.2, 0) is 22.0 Å². The van der Waals surface area contributed by atoms with Crippen LogP contribution < -0.4 is 0 Å². The number of fused-ring (bicyclic) bond motifs is 1. The van der Waals surface area contributed by atoms with Crippen LogP contribution in [0.25, 0.3) is 0 Å². The monoisotopic (exact) mass is 269 g/mol. The van der Waals surface area contributed by atoms with Crippen LogP contribution in [0.2, 0.25) is 0 Å². The van der Waals surface area contributed by atoms with Crippen molar-refractivity contribution in [3.8, 4) is 0 Å². The Bertz CT molecular complexity index is 605. The summed E-state index contributed by atoms with van der Waals surface area (Å²) in [5.41, 5.74) is 1.89. The smallest absolute Gasteiger partial charge is 0.337 e. The summed E-state index contributed by atoms with van der Waals surface area (Å²) in [6.07, 6.45) is 0.372. The first-order valence-electron chi connectivity index (χ1n) is 5.76. The first kappa shape index (κ1) is 13.0. The SMILES string of the molecule is CC(C)c1nc2c(cc1C(=O)O)CS(=O)(=O)CC2. The molecule has 1 aliphatic rings. The zero-order chi connectivity index (χ0) is 13.5. The molecule has 2 rings (SSSR count). The highest BCUT2D eigenvalue weighted by Gasteiger charge is 2.26. The van der Waals surface area contributed by atoms with Crippen molar-refractivity contribution in [1.82, 2.24) is 4.98 Å². The van der Waals surface area contributed by atoms with Gasteiger partial charge in [-0.15, -0.1) is 0 Å². The maximum atomic E-state index is 11.5. The second-order valence-electron chi connectivity index (χ2n) is 4.83. The van der Waals surface area contributed by atoms with Gasteiger partial charge in [0.2, 0.25) is 0 Å². The van der Waals surface area contributed by atoms with Gasteiger partial charge in [-0.3, -0.25) is 4.98 Å². The fraction of sp³-hybridized carbons (Fsp3) is 0.500. The minimum absolute atomic E-state index is 0.0000614. The fourth-order valence-electron chi connectivity index (χ4n) is 2.12. The van der Waals surface area contributed by atoms with Gasteiger partial charge < -0.3 is 5.11 Å². The third-order valence-electron chi connectivity index (χ3n) is 3.02. The molecule has 0 fully saturated rings. The summed E-state index contributed by atoms with van der Waals surface area (Å²) in [7, 11) is -3.10. The van der Waals surface area contributed by atoms with Crippen molar-refractivity contribution >= 4 is 15.8 Å². The van der Waals surface area contributed by atoms with Crippen LogP contribution in [0.3, 0.4) is 0 Å². The van der Waals surface area contributed by atoms with E-state index in [1.54, 1.807) is 0 Å². The van der Waals surface area contributed by atoms with E-state index in [-0.39, 0.29) is 23.0 Å². The molecule has 98 valence electrons. The Hall–Kier alpha value is -1.43. The Morgan fingerprint density at radius 2 is 2.11 bits per heavy atom. The molecule has 0 unspecified atom stereocenters. The number of hydrogen-bond acceptors (Lipinski definition) is 4. The quantitative estimate of drug-likeness (QED) is 0.876. The molecule has 0 saturated heterocycles. The number of pyridine rings is 1. The van der Waals surface area contributed by atoms with E-state index >= 15 is 0 Å². The van der Waals surface area contributed by atoms with Gasteiger partial charge in [0.05, 0.1) is 22.8 Å². The molecule has 1 aromatic heterocycles. The molecule has 6 heteroatoms. The van der Waals surface area contributed by atoms with Crippen LogP contribution in [0.15, 0.2) is 6.07 Å². The first-order chi connectivity index (χ1) is 8.30. The van der Waals surface area contributed by atoms with Gasteiger partial charge in [0.1, 0.15) is 0 Å². The number of hydrogen-bond donors (Lipinski definition) is 1. The van der Waals surface area contributed by atoms with Crippen LogP contribution in [0.5, 0.6) is 0 Å². The molecular formula is C12H15NO4S. The number of carboxylic acid groups (broad SMARTS) is 1. The van der Waals surface area contributed by atoms with E-state index in [2.05, 4.69) is 4.98 Å². The molecule has 2 heterocycles. The third kappa shape index (κ3) is 2.38. The topological polar surface area (TPSA) is 84.3 Å². The van der Waals surface area contributed by atoms with Crippen molar-refractivity contribution in [2.45, 2.75) is 31.9 Å². The highest BCUT2D eigenvalue weighted by Crippen LogP contribution is 2.25. The summed E-state index contributed by atoms with van der Waals surface area (Å²) >= 11 is 0. The average Bonchev–Trinajstić information content (AvgIpc) is 2.25. The standard InChI is InChI=1S/C12H15NO4S/c1-7(2)11-9(12(14)15)5-8-6-18(16,17)4-3-10(8)13-11/h5,7H,3-4,6H2,1-2H3,(H,14,15). The van der Waals surface area contributed by atoms with Crippen molar-refractivity contribution in [2.24, 2.45) is 0 Å². The zero-order valence-electron chi connectivity index (χ0n) is 10.3. The number of carboxylic acids is 1. The number of nitrogens with zero attached hydrogens (tertiary/aromatic N) is 1. The highest BCUT2D eigenvalue weighted by molar-refractivity contribution is 7.90. The van der Waals surface area contributed by atoms with E-state index < -0.39 is 15.8 Å². The van der Waals surface area contributed by atoms with Crippen molar-refractivity contribution in [3.63, 3.8) is 0 Å². The molecule has 0 spiro atoms. The number of aryl methyl sites for hydroxylation is 1. The number of rotatable bonds is 2. The molecule has 0 aliphatic carbocycles. The average molecular weight is 269 g/mol. The maximum absolute atomic E-state index is 11.5. The van der Waals surface area contributed by atoms with E-state index in [4.69, 9.17) is 5.11 Å². The Kier molecular flexibility index (Phi) is 3.14. The zero-order valence-corrected chi connectivity index (χ0v) is 11.1. The predicted molar refractivity (Wildman–Crippen MR) is 66.5 cm³/mol. The molecule has 0 saturated carbocycles. The normalized spacial score (nSPS) is 17.5. The lowest BCUT2D eigenvalue weighted by Gasteiger charge is -2.19. The molecule has 1 aromatic rings. The second-order valence-corrected chi connectivity index (χ2v) is 7.01. The first-order valence-corrected chi connectivity index (χ1v) is 7.58. The maximum Gasteiger partial charge on any atom is 0.337 e. The van der Waals surface area contributed by atoms with E-state index in [1.807, 2.05) is 13.8 Å². The van der Waals surface area contributed by atoms with E-state index in [0.717, 1.165) is 5.69 Å². The Balaban J connectivity index is 2.60. The van der Waals surface area contributed by atoms with E-state index in [9.17, 15) is 13.2 Å². The largest absolute Gasteiger partial charge is 0.478 e. The van der Waals surface area contributed by atoms with Crippen molar-refractivity contribution in [2.75, 3.05) is 5.75 Å². The number of aromatic carboxylic acids is 1. The van der Waals surface area contributed by atoms with Crippen LogP contribution in [0.4, 0.5) is 0 Å². The molecule has 5 nitrogen and oxygen atoms in total. The van der Waals surface area contributed by atoms with Crippen molar-refractivity contribution in [3.05, 3.63) is 28.6 Å². The molecule has 0 atom stereocenters. The fourth-order valence-corrected chi connectivity index (χ4v) is 3.50. The lowest BCUT2D eigenvalue weighted by Crippen LogP contribution is -2.22. The van der Waals surface area contributed by atoms with Crippen molar-refractivity contribution < 1.29 is 18.3 Å². The third-order valence-corrected chi connectivity index (χ3v) is 4.60. The van der Waals surface area contributed by atoms with E-state index in [1.165, 1.54) is 6.07 Å². The summed E-state index contributed by atoms with van der Waals surface area (Å²) in [6.45, 7) is 3.75. The molecule has 1 aliphatic heterocycles. The molecule has 18 heavy (non-hydrogen) atoms. The molecule has 1 N–H and O–H groups in total. The molecular weight excluding hydrogens is 254 g/mol. The van der Waals surface area contributed by atoms with Crippen LogP contribution >= 0.6 is 0 Å². The summed E-state index contributed by atoms with van der Waals surface area (Å²) in [5.74, 6) is -1.07. The molecule has 0 bridgehead atoms. The Morgan fingerprint density at radius 3 is 2.67 bits per heavy atom. The van der Waals surface area contributed by atoms with Gasteiger partial charge in [-0.1, -0.05) is 13.8 Å². The Labute approximate surface area is 106 Å². The van der Waals surface area contributed by atoms with Gasteiger partial charge in [-0.2, -0.15) is 0 Å². The molecule has 0 radical (unpaired) electrons. The van der Waals surface area contributed by atoms with Crippen LogP contribution in [0.1, 0.15) is 47.1 Å². The predicted octanol–water partition coefficient (Wildman–Crippen LogP) is 1.37. The highest BCUT2D eigenvalue weighted by atomic mass is 32.2. The summed E-state index contributed by atoms with van der Waals surface area (Å²) in [6, 6.07) is 1.47. The minimum Gasteiger partial charge on any atom is -0.478 e. The van der Waals surface area contributed by atoms with Crippen LogP contribution in [-0.4, -0.2) is 30.2 Å². The van der Waals surface area contributed by atoms with Gasteiger partial charge in [-0.05, 0) is 17.5 Å². The lowest BCUT2D eigenvalue weighted by atomic mass is 10.00. The van der Waals surface area contributed by atoms with Crippen LogP contribution in [0, 0.1) is 0 Å². The van der Waals surface area contributed by atoms with Gasteiger partial charge >= 0.3 is 5.97 Å². The summed E-state index contributed by atoms with van der Waals surface area (Å²) in [5, 5.41) is 9.16. The number of carbonyl (C=O) groups is 1. The summed E-state index contributed by atoms with van der Waals surface area (Å²) in [4.78, 5) is 15.5. The van der Waals surface area contributed by atoms with Gasteiger partial charge in [0.15, 0.2) is 9.84 Å². The Morgan fingerprint density at radius 1 is 1.44 bits per heavy atom. The number of aromatic nitrogens is 1. The number of sulfone groups is 1.